The van der Waals surface area contributed by atoms with Crippen LogP contribution in [0.5, 0.6) is 5.75 Å². The van der Waals surface area contributed by atoms with Crippen LogP contribution in [0.25, 0.3) is 0 Å². The van der Waals surface area contributed by atoms with Gasteiger partial charge in [-0.05, 0) is 37.4 Å². The van der Waals surface area contributed by atoms with Gasteiger partial charge >= 0.3 is 0 Å². The number of benzene rings is 1. The summed E-state index contributed by atoms with van der Waals surface area (Å²) in [5.74, 6) is 1.74. The van der Waals surface area contributed by atoms with Gasteiger partial charge in [-0.3, -0.25) is 0 Å². The van der Waals surface area contributed by atoms with Crippen molar-refractivity contribution in [1.29, 1.82) is 0 Å². The second-order valence-electron chi connectivity index (χ2n) is 5.98. The summed E-state index contributed by atoms with van der Waals surface area (Å²) < 4.78 is 5.85. The van der Waals surface area contributed by atoms with Gasteiger partial charge in [0.1, 0.15) is 5.75 Å². The summed E-state index contributed by atoms with van der Waals surface area (Å²) in [6.07, 6.45) is 2.24. The lowest BCUT2D eigenvalue weighted by molar-refractivity contribution is 0.322. The molecule has 20 heavy (non-hydrogen) atoms. The Morgan fingerprint density at radius 1 is 1.25 bits per heavy atom. The topological polar surface area (TPSA) is 24.5 Å². The molecule has 0 spiro atoms. The molecule has 0 radical (unpaired) electrons. The van der Waals surface area contributed by atoms with Gasteiger partial charge in [0.25, 0.3) is 0 Å². The molecule has 0 fully saturated rings. The van der Waals surface area contributed by atoms with Gasteiger partial charge in [-0.1, -0.05) is 32.9 Å². The van der Waals surface area contributed by atoms with E-state index < -0.39 is 0 Å². The van der Waals surface area contributed by atoms with Gasteiger partial charge in [-0.15, -0.1) is 0 Å². The van der Waals surface area contributed by atoms with Crippen LogP contribution in [0.1, 0.15) is 33.6 Å². The Labute approximate surface area is 123 Å². The third kappa shape index (κ3) is 3.89. The lowest BCUT2D eigenvalue weighted by atomic mass is 10.1. The van der Waals surface area contributed by atoms with Crippen LogP contribution < -0.4 is 15.0 Å². The van der Waals surface area contributed by atoms with Crippen LogP contribution in [0.2, 0.25) is 0 Å². The minimum absolute atomic E-state index is 0.539. The van der Waals surface area contributed by atoms with Crippen molar-refractivity contribution in [2.24, 2.45) is 5.92 Å². The molecule has 0 aromatic heterocycles. The van der Waals surface area contributed by atoms with Crippen molar-refractivity contribution in [1.82, 2.24) is 5.32 Å². The molecular weight excluding hydrogens is 248 g/mol. The second kappa shape index (κ2) is 7.53. The fraction of sp³-hybridized carbons (Fsp3) is 0.647. The molecule has 1 N–H and O–H groups in total. The Kier molecular flexibility index (Phi) is 5.72. The minimum atomic E-state index is 0.539. The maximum absolute atomic E-state index is 5.85. The summed E-state index contributed by atoms with van der Waals surface area (Å²) in [6.45, 7) is 10.8. The van der Waals surface area contributed by atoms with Crippen LogP contribution in [-0.4, -0.2) is 32.3 Å². The van der Waals surface area contributed by atoms with E-state index in [0.29, 0.717) is 12.0 Å². The molecule has 0 amide bonds. The molecule has 3 nitrogen and oxygen atoms in total. The largest absolute Gasteiger partial charge is 0.491 e. The number of hydrogen-bond acceptors (Lipinski definition) is 3. The van der Waals surface area contributed by atoms with Crippen molar-refractivity contribution < 1.29 is 4.74 Å². The zero-order chi connectivity index (χ0) is 14.4. The van der Waals surface area contributed by atoms with Crippen molar-refractivity contribution >= 4 is 5.69 Å². The molecule has 1 aliphatic heterocycles. The zero-order valence-corrected chi connectivity index (χ0v) is 13.1. The molecule has 1 aromatic rings. The van der Waals surface area contributed by atoms with Gasteiger partial charge in [0.2, 0.25) is 0 Å². The maximum atomic E-state index is 5.85. The minimum Gasteiger partial charge on any atom is -0.491 e. The number of para-hydroxylation sites is 2. The third-order valence-electron chi connectivity index (χ3n) is 3.82. The Morgan fingerprint density at radius 2 is 2.05 bits per heavy atom. The first-order valence-electron chi connectivity index (χ1n) is 7.91. The molecule has 0 saturated carbocycles. The van der Waals surface area contributed by atoms with Crippen LogP contribution in [0.15, 0.2) is 24.3 Å². The van der Waals surface area contributed by atoms with Crippen molar-refractivity contribution in [2.75, 3.05) is 31.1 Å². The Morgan fingerprint density at radius 3 is 2.80 bits per heavy atom. The summed E-state index contributed by atoms with van der Waals surface area (Å²) in [6, 6.07) is 8.97. The molecule has 1 atom stereocenters. The average Bonchev–Trinajstić information content (AvgIpc) is 2.66. The molecule has 1 aromatic carbocycles. The molecule has 0 aliphatic carbocycles. The van der Waals surface area contributed by atoms with E-state index in [9.17, 15) is 0 Å². The van der Waals surface area contributed by atoms with Crippen molar-refractivity contribution in [3.05, 3.63) is 24.3 Å². The number of fused-ring (bicyclic) bond motifs is 1. The quantitative estimate of drug-likeness (QED) is 0.863. The highest BCUT2D eigenvalue weighted by Crippen LogP contribution is 2.32. The number of nitrogens with one attached hydrogen (secondary N) is 1. The number of anilines is 1. The first kappa shape index (κ1) is 15.2. The Hall–Kier alpha value is -1.22. The normalized spacial score (nSPS) is 16.5. The van der Waals surface area contributed by atoms with E-state index in [0.717, 1.165) is 44.8 Å². The summed E-state index contributed by atoms with van der Waals surface area (Å²) >= 11 is 0. The highest BCUT2D eigenvalue weighted by molar-refractivity contribution is 5.59. The summed E-state index contributed by atoms with van der Waals surface area (Å²) in [4.78, 5) is 2.52. The highest BCUT2D eigenvalue weighted by atomic mass is 16.5. The predicted molar refractivity (Wildman–Crippen MR) is 85.7 cm³/mol. The van der Waals surface area contributed by atoms with E-state index in [1.54, 1.807) is 0 Å². The first-order valence-corrected chi connectivity index (χ1v) is 7.91. The molecule has 112 valence electrons. The van der Waals surface area contributed by atoms with Crippen molar-refractivity contribution in [2.45, 2.75) is 39.7 Å². The van der Waals surface area contributed by atoms with Crippen LogP contribution in [0, 0.1) is 5.92 Å². The van der Waals surface area contributed by atoms with E-state index in [1.165, 1.54) is 5.69 Å². The summed E-state index contributed by atoms with van der Waals surface area (Å²) in [5.41, 5.74) is 1.25. The van der Waals surface area contributed by atoms with E-state index in [2.05, 4.69) is 55.3 Å². The van der Waals surface area contributed by atoms with Gasteiger partial charge in [0.15, 0.2) is 0 Å². The maximum Gasteiger partial charge on any atom is 0.142 e. The van der Waals surface area contributed by atoms with Crippen molar-refractivity contribution in [3.63, 3.8) is 0 Å². The molecule has 1 unspecified atom stereocenters. The SMILES string of the molecule is CCC(CNCC(C)C)N1CCCOc2ccccc21. The smallest absolute Gasteiger partial charge is 0.142 e. The molecule has 0 saturated heterocycles. The Balaban J connectivity index is 2.08. The van der Waals surface area contributed by atoms with Crippen LogP contribution in [0.4, 0.5) is 5.69 Å². The van der Waals surface area contributed by atoms with E-state index >= 15 is 0 Å². The fourth-order valence-electron chi connectivity index (χ4n) is 2.75. The van der Waals surface area contributed by atoms with Gasteiger partial charge < -0.3 is 15.0 Å². The first-order chi connectivity index (χ1) is 9.72. The predicted octanol–water partition coefficient (Wildman–Crippen LogP) is 3.30. The monoisotopic (exact) mass is 276 g/mol. The van der Waals surface area contributed by atoms with Gasteiger partial charge in [0, 0.05) is 19.1 Å². The van der Waals surface area contributed by atoms with E-state index in [1.807, 2.05) is 0 Å². The molecule has 1 heterocycles. The van der Waals surface area contributed by atoms with Crippen LogP contribution >= 0.6 is 0 Å². The molecule has 3 heteroatoms. The number of nitrogens with zero attached hydrogens (tertiary/aromatic N) is 1. The highest BCUT2D eigenvalue weighted by Gasteiger charge is 2.22. The second-order valence-corrected chi connectivity index (χ2v) is 5.98. The molecule has 2 rings (SSSR count). The molecular formula is C17H28N2O. The standard InChI is InChI=1S/C17H28N2O/c1-4-15(13-18-12-14(2)3)19-10-7-11-20-17-9-6-5-8-16(17)19/h5-6,8-9,14-15,18H,4,7,10-13H2,1-3H3. The van der Waals surface area contributed by atoms with Crippen LogP contribution in [0.3, 0.4) is 0 Å². The van der Waals surface area contributed by atoms with Gasteiger partial charge in [0.05, 0.1) is 12.3 Å². The van der Waals surface area contributed by atoms with Gasteiger partial charge in [-0.25, -0.2) is 0 Å². The lowest BCUT2D eigenvalue weighted by Crippen LogP contribution is -2.43. The summed E-state index contributed by atoms with van der Waals surface area (Å²) in [5, 5.41) is 3.60. The number of ether oxygens (including phenoxy) is 1. The fourth-order valence-corrected chi connectivity index (χ4v) is 2.75. The zero-order valence-electron chi connectivity index (χ0n) is 13.1. The molecule has 1 aliphatic rings. The average molecular weight is 276 g/mol. The van der Waals surface area contributed by atoms with Gasteiger partial charge in [-0.2, -0.15) is 0 Å². The number of rotatable bonds is 6. The number of hydrogen-bond donors (Lipinski definition) is 1. The van der Waals surface area contributed by atoms with Crippen molar-refractivity contribution in [3.8, 4) is 5.75 Å². The summed E-state index contributed by atoms with van der Waals surface area (Å²) in [7, 11) is 0. The third-order valence-corrected chi connectivity index (χ3v) is 3.82. The Bertz CT molecular complexity index is 406. The molecule has 0 bridgehead atoms. The van der Waals surface area contributed by atoms with Crippen LogP contribution in [-0.2, 0) is 0 Å². The lowest BCUT2D eigenvalue weighted by Gasteiger charge is -2.33. The van der Waals surface area contributed by atoms with E-state index in [4.69, 9.17) is 4.74 Å². The van der Waals surface area contributed by atoms with E-state index in [-0.39, 0.29) is 0 Å².